The van der Waals surface area contributed by atoms with Gasteiger partial charge in [-0.2, -0.15) is 0 Å². The molecule has 0 spiro atoms. The zero-order valence-corrected chi connectivity index (χ0v) is 8.20. The molecule has 0 heterocycles. The molecule has 0 aromatic carbocycles. The first-order valence-corrected chi connectivity index (χ1v) is 2.33. The van der Waals surface area contributed by atoms with Gasteiger partial charge in [0.25, 0.3) is 0 Å². The van der Waals surface area contributed by atoms with Crippen molar-refractivity contribution in [2.24, 2.45) is 0 Å². The van der Waals surface area contributed by atoms with Crippen LogP contribution >= 0.6 is 0 Å². The van der Waals surface area contributed by atoms with E-state index in [0.717, 1.165) is 12.8 Å². The average molecular weight is 127 g/mol. The molecule has 0 aliphatic carbocycles. The molecular formula is C4H10BFK. The first-order valence-electron chi connectivity index (χ1n) is 2.33. The number of hydrogen-bond acceptors (Lipinski definition) is 0. The van der Waals surface area contributed by atoms with Gasteiger partial charge in [0, 0.05) is 0 Å². The molecule has 0 aromatic rings. The molecule has 1 radical (unpaired) electrons. The van der Waals surface area contributed by atoms with Crippen LogP contribution in [0.1, 0.15) is 21.2 Å². The molecule has 0 nitrogen and oxygen atoms in total. The van der Waals surface area contributed by atoms with E-state index in [0.29, 0.717) is 13.9 Å². The second-order valence-electron chi connectivity index (χ2n) is 1.30. The quantitative estimate of drug-likeness (QED) is 0.334. The van der Waals surface area contributed by atoms with Gasteiger partial charge < -0.3 is 5.74 Å². The van der Waals surface area contributed by atoms with E-state index in [4.69, 9.17) is 0 Å². The summed E-state index contributed by atoms with van der Waals surface area (Å²) >= 11 is 0. The Morgan fingerprint density at radius 3 is 2.43 bits per heavy atom. The fraction of sp³-hybridized carbons (Fsp3) is 1.00. The predicted molar refractivity (Wildman–Crippen MR) is 27.7 cm³/mol. The van der Waals surface area contributed by atoms with Gasteiger partial charge >= 0.3 is 58.9 Å². The molecule has 0 fully saturated rings. The van der Waals surface area contributed by atoms with Crippen molar-refractivity contribution in [1.82, 2.24) is 0 Å². The van der Waals surface area contributed by atoms with Crippen LogP contribution in [0, 0.1) is 0 Å². The van der Waals surface area contributed by atoms with Crippen molar-refractivity contribution in [1.29, 1.82) is 0 Å². The van der Waals surface area contributed by atoms with E-state index < -0.39 is 0 Å². The van der Waals surface area contributed by atoms with Crippen LogP contribution in [0.15, 0.2) is 0 Å². The number of rotatable bonds is 3. The van der Waals surface area contributed by atoms with Gasteiger partial charge in [-0.05, 0) is 6.32 Å². The molecule has 0 N–H and O–H groups in total. The molecule has 0 atom stereocenters. The summed E-state index contributed by atoms with van der Waals surface area (Å²) in [5.41, 5.74) is 0. The Hall–Kier alpha value is 1.63. The number of hydrogen-bond donors (Lipinski definition) is 0. The summed E-state index contributed by atoms with van der Waals surface area (Å²) < 4.78 is 11.1. The van der Waals surface area contributed by atoms with Gasteiger partial charge in [0.15, 0.2) is 0 Å². The molecule has 0 unspecified atom stereocenters. The van der Waals surface area contributed by atoms with Gasteiger partial charge in [-0.15, -0.1) is 0 Å². The smallest absolute Gasteiger partial charge is 1.00 e. The van der Waals surface area contributed by atoms with Crippen molar-refractivity contribution in [3.05, 3.63) is 0 Å². The normalized spacial score (nSPS) is 7.14. The van der Waals surface area contributed by atoms with Gasteiger partial charge in [-0.1, -0.05) is 19.8 Å². The van der Waals surface area contributed by atoms with Crippen molar-refractivity contribution in [2.45, 2.75) is 26.1 Å². The molecule has 0 aliphatic heterocycles. The SMILES string of the molecule is CCCC[B]F.[H-].[K+]. The summed E-state index contributed by atoms with van der Waals surface area (Å²) in [5, 5.41) is 0. The van der Waals surface area contributed by atoms with E-state index in [2.05, 4.69) is 0 Å². The van der Waals surface area contributed by atoms with E-state index in [1.165, 1.54) is 0 Å². The van der Waals surface area contributed by atoms with Crippen LogP contribution in [-0.4, -0.2) is 7.56 Å². The van der Waals surface area contributed by atoms with E-state index in [-0.39, 0.29) is 52.8 Å². The van der Waals surface area contributed by atoms with Crippen LogP contribution < -0.4 is 51.4 Å². The molecule has 0 aliphatic rings. The molecule has 7 heavy (non-hydrogen) atoms. The Balaban J connectivity index is -0.000000125. The summed E-state index contributed by atoms with van der Waals surface area (Å²) in [7, 11) is 0.712. The average Bonchev–Trinajstić information content (AvgIpc) is 1.61. The Labute approximate surface area is 89.4 Å². The maximum atomic E-state index is 11.1. The molecule has 0 saturated heterocycles. The van der Waals surface area contributed by atoms with E-state index in [9.17, 15) is 4.32 Å². The third-order valence-corrected chi connectivity index (χ3v) is 0.667. The van der Waals surface area contributed by atoms with E-state index in [1.54, 1.807) is 0 Å². The van der Waals surface area contributed by atoms with Crippen LogP contribution in [0.5, 0.6) is 0 Å². The second kappa shape index (κ2) is 10.6. The summed E-state index contributed by atoms with van der Waals surface area (Å²) in [6.45, 7) is 2.05. The second-order valence-corrected chi connectivity index (χ2v) is 1.30. The fourth-order valence-electron chi connectivity index (χ4n) is 0.281. The standard InChI is InChI=1S/C4H9BF.K.H/c1-2-3-4-5-6;;/h2-4H2,1H3;;/q;+1;-1. The predicted octanol–water partition coefficient (Wildman–Crippen LogP) is -1.09. The minimum Gasteiger partial charge on any atom is -1.00 e. The van der Waals surface area contributed by atoms with Crippen molar-refractivity contribution >= 4 is 7.56 Å². The third kappa shape index (κ3) is 11.3. The van der Waals surface area contributed by atoms with Crippen molar-refractivity contribution in [3.63, 3.8) is 0 Å². The van der Waals surface area contributed by atoms with Crippen molar-refractivity contribution in [3.8, 4) is 0 Å². The molecule has 0 bridgehead atoms. The maximum absolute atomic E-state index is 11.1. The topological polar surface area (TPSA) is 0 Å². The molecule has 0 rings (SSSR count). The number of unbranched alkanes of at least 4 members (excludes halogenated alkanes) is 1. The Bertz CT molecular complexity index is 28.0. The Morgan fingerprint density at radius 2 is 2.29 bits per heavy atom. The van der Waals surface area contributed by atoms with Crippen LogP contribution in [0.2, 0.25) is 6.32 Å². The van der Waals surface area contributed by atoms with Crippen LogP contribution in [0.4, 0.5) is 4.32 Å². The largest absolute Gasteiger partial charge is 1.00 e. The zero-order valence-electron chi connectivity index (χ0n) is 6.08. The summed E-state index contributed by atoms with van der Waals surface area (Å²) in [6.07, 6.45) is 2.69. The van der Waals surface area contributed by atoms with E-state index in [1.807, 2.05) is 6.92 Å². The monoisotopic (exact) mass is 127 g/mol. The van der Waals surface area contributed by atoms with Crippen LogP contribution in [0.25, 0.3) is 0 Å². The molecular weight excluding hydrogens is 117 g/mol. The van der Waals surface area contributed by atoms with Gasteiger partial charge in [0.2, 0.25) is 0 Å². The Kier molecular flexibility index (Phi) is 17.3. The molecule has 0 saturated carbocycles. The summed E-state index contributed by atoms with van der Waals surface area (Å²) in [6, 6.07) is 0. The Morgan fingerprint density at radius 1 is 1.71 bits per heavy atom. The zero-order chi connectivity index (χ0) is 4.83. The van der Waals surface area contributed by atoms with Gasteiger partial charge in [0.05, 0.1) is 0 Å². The molecule has 37 valence electrons. The third-order valence-electron chi connectivity index (χ3n) is 0.667. The van der Waals surface area contributed by atoms with Gasteiger partial charge in [-0.3, -0.25) is 0 Å². The minimum atomic E-state index is 0. The van der Waals surface area contributed by atoms with Crippen molar-refractivity contribution < 1.29 is 57.1 Å². The van der Waals surface area contributed by atoms with Crippen molar-refractivity contribution in [2.75, 3.05) is 0 Å². The number of halogens is 1. The molecule has 0 amide bonds. The first kappa shape index (κ1) is 11.4. The van der Waals surface area contributed by atoms with Crippen LogP contribution in [0.3, 0.4) is 0 Å². The minimum absolute atomic E-state index is 0. The maximum Gasteiger partial charge on any atom is 1.00 e. The summed E-state index contributed by atoms with van der Waals surface area (Å²) in [5.74, 6) is 0. The van der Waals surface area contributed by atoms with E-state index >= 15 is 0 Å². The van der Waals surface area contributed by atoms with Crippen LogP contribution in [-0.2, 0) is 0 Å². The fourth-order valence-corrected chi connectivity index (χ4v) is 0.281. The van der Waals surface area contributed by atoms with Gasteiger partial charge in [-0.25, -0.2) is 0 Å². The molecule has 0 aromatic heterocycles. The molecule has 3 heteroatoms. The first-order chi connectivity index (χ1) is 2.91. The van der Waals surface area contributed by atoms with Gasteiger partial charge in [0.1, 0.15) is 0 Å². The summed E-state index contributed by atoms with van der Waals surface area (Å²) in [4.78, 5) is 0.